The lowest BCUT2D eigenvalue weighted by Crippen LogP contribution is -2.39. The van der Waals surface area contributed by atoms with Crippen LogP contribution in [0.2, 0.25) is 0 Å². The molecule has 2 aromatic carbocycles. The number of ketones is 1. The molecule has 2 amide bonds. The van der Waals surface area contributed by atoms with Gasteiger partial charge in [0.25, 0.3) is 17.6 Å². The average Bonchev–Trinajstić information content (AvgIpc) is 3.22. The minimum Gasteiger partial charge on any atom is -0.390 e. The van der Waals surface area contributed by atoms with Crippen LogP contribution in [0.1, 0.15) is 54.8 Å². The number of anilines is 1. The van der Waals surface area contributed by atoms with E-state index in [-0.39, 0.29) is 17.1 Å². The number of aromatic nitrogens is 1. The maximum absolute atomic E-state index is 13.6. The first-order valence-corrected chi connectivity index (χ1v) is 10.9. The molecule has 0 unspecified atom stereocenters. The van der Waals surface area contributed by atoms with Gasteiger partial charge < -0.3 is 20.3 Å². The topological polar surface area (TPSA) is 100 Å². The molecule has 1 aliphatic carbocycles. The second-order valence-corrected chi connectivity index (χ2v) is 8.66. The van der Waals surface area contributed by atoms with Gasteiger partial charge in [-0.05, 0) is 61.2 Å². The molecule has 34 heavy (non-hydrogen) atoms. The molecule has 0 saturated carbocycles. The zero-order chi connectivity index (χ0) is 24.7. The third-order valence-electron chi connectivity index (χ3n) is 6.49. The van der Waals surface area contributed by atoms with Crippen LogP contribution in [0, 0.1) is 26.6 Å². The van der Waals surface area contributed by atoms with Crippen LogP contribution >= 0.6 is 0 Å². The van der Waals surface area contributed by atoms with Crippen molar-refractivity contribution in [3.63, 3.8) is 0 Å². The van der Waals surface area contributed by atoms with Crippen LogP contribution in [0.15, 0.2) is 42.5 Å². The monoisotopic (exact) mass is 463 g/mol. The van der Waals surface area contributed by atoms with E-state index in [0.29, 0.717) is 28.9 Å². The molecule has 1 aliphatic rings. The van der Waals surface area contributed by atoms with Crippen molar-refractivity contribution >= 4 is 23.3 Å². The number of Topliss-reactive ketones (excluding diaryl/α,β-unsaturated/α-hetero) is 1. The quantitative estimate of drug-likeness (QED) is 0.399. The van der Waals surface area contributed by atoms with Crippen molar-refractivity contribution in [1.82, 2.24) is 9.88 Å². The maximum atomic E-state index is 13.6. The van der Waals surface area contributed by atoms with Gasteiger partial charge in [-0.3, -0.25) is 14.4 Å². The van der Waals surface area contributed by atoms with E-state index in [9.17, 15) is 23.9 Å². The summed E-state index contributed by atoms with van der Waals surface area (Å²) in [5.41, 5.74) is 3.76. The lowest BCUT2D eigenvalue weighted by Gasteiger charge is -2.17. The molecule has 8 heteroatoms. The second kappa shape index (κ2) is 8.87. The Balaban J connectivity index is 1.58. The Morgan fingerprint density at radius 1 is 1.09 bits per heavy atom. The van der Waals surface area contributed by atoms with E-state index in [0.717, 1.165) is 11.1 Å². The standard InChI is InChI=1S/C26H26FN3O4/c1-13-11-17(9-10-19(13)27)28-25(33)21-14(2)23(30(4)15(21)3)24(32)26(34)29-22-18-8-6-5-7-16(18)12-20(22)31/h5-11,20,22,31H,12H2,1-4H3,(H,28,33)(H,29,34)/t20-,22-/m0/s1. The molecule has 1 aromatic heterocycles. The first-order chi connectivity index (χ1) is 16.1. The third-order valence-corrected chi connectivity index (χ3v) is 6.49. The summed E-state index contributed by atoms with van der Waals surface area (Å²) in [5, 5.41) is 15.8. The molecule has 3 aromatic rings. The molecule has 2 atom stereocenters. The van der Waals surface area contributed by atoms with Crippen molar-refractivity contribution in [2.75, 3.05) is 5.32 Å². The number of carbonyl (C=O) groups excluding carboxylic acids is 3. The van der Waals surface area contributed by atoms with Gasteiger partial charge in [0.15, 0.2) is 0 Å². The number of nitrogens with one attached hydrogen (secondary N) is 2. The van der Waals surface area contributed by atoms with E-state index in [1.165, 1.54) is 22.8 Å². The normalized spacial score (nSPS) is 16.8. The SMILES string of the molecule is Cc1cc(NC(=O)c2c(C)c(C(=O)C(=O)N[C@H]3c4ccccc4C[C@@H]3O)n(C)c2C)ccc1F. The van der Waals surface area contributed by atoms with Gasteiger partial charge in [0.05, 0.1) is 23.4 Å². The van der Waals surface area contributed by atoms with E-state index < -0.39 is 29.7 Å². The lowest BCUT2D eigenvalue weighted by molar-refractivity contribution is -0.118. The Kier molecular flexibility index (Phi) is 6.10. The first-order valence-electron chi connectivity index (χ1n) is 10.9. The number of aliphatic hydroxyl groups excluding tert-OH is 1. The molecule has 4 rings (SSSR count). The average molecular weight is 464 g/mol. The van der Waals surface area contributed by atoms with Crippen molar-refractivity contribution in [2.45, 2.75) is 39.3 Å². The summed E-state index contributed by atoms with van der Waals surface area (Å²) in [6.45, 7) is 4.89. The lowest BCUT2D eigenvalue weighted by atomic mass is 10.1. The number of benzene rings is 2. The van der Waals surface area contributed by atoms with Crippen LogP contribution in [0.25, 0.3) is 0 Å². The molecule has 0 spiro atoms. The van der Waals surface area contributed by atoms with Crippen LogP contribution in [0.4, 0.5) is 10.1 Å². The molecule has 0 radical (unpaired) electrons. The van der Waals surface area contributed by atoms with Gasteiger partial charge in [0, 0.05) is 24.8 Å². The molecule has 7 nitrogen and oxygen atoms in total. The van der Waals surface area contributed by atoms with Crippen LogP contribution in [0.3, 0.4) is 0 Å². The number of halogens is 1. The number of rotatable bonds is 5. The van der Waals surface area contributed by atoms with E-state index in [2.05, 4.69) is 10.6 Å². The Labute approximate surface area is 196 Å². The third kappa shape index (κ3) is 4.01. The van der Waals surface area contributed by atoms with Gasteiger partial charge in [-0.1, -0.05) is 24.3 Å². The molecule has 0 fully saturated rings. The van der Waals surface area contributed by atoms with Crippen molar-refractivity contribution in [1.29, 1.82) is 0 Å². The van der Waals surface area contributed by atoms with Gasteiger partial charge in [0.1, 0.15) is 5.82 Å². The van der Waals surface area contributed by atoms with E-state index >= 15 is 0 Å². The zero-order valence-corrected chi connectivity index (χ0v) is 19.4. The molecule has 1 heterocycles. The van der Waals surface area contributed by atoms with Gasteiger partial charge in [-0.2, -0.15) is 0 Å². The zero-order valence-electron chi connectivity index (χ0n) is 19.4. The Hall–Kier alpha value is -3.78. The number of fused-ring (bicyclic) bond motifs is 1. The van der Waals surface area contributed by atoms with Crippen LogP contribution < -0.4 is 10.6 Å². The minimum absolute atomic E-state index is 0.0937. The fourth-order valence-electron chi connectivity index (χ4n) is 4.61. The minimum atomic E-state index is -0.856. The van der Waals surface area contributed by atoms with Gasteiger partial charge in [-0.25, -0.2) is 4.39 Å². The van der Waals surface area contributed by atoms with E-state index in [1.54, 1.807) is 27.8 Å². The highest BCUT2D eigenvalue weighted by atomic mass is 19.1. The molecular formula is C26H26FN3O4. The number of hydrogen-bond acceptors (Lipinski definition) is 4. The van der Waals surface area contributed by atoms with Crippen LogP contribution in [-0.2, 0) is 18.3 Å². The number of carbonyl (C=O) groups is 3. The maximum Gasteiger partial charge on any atom is 0.294 e. The summed E-state index contributed by atoms with van der Waals surface area (Å²) in [6.07, 6.45) is -0.434. The van der Waals surface area contributed by atoms with E-state index in [1.807, 2.05) is 24.3 Å². The predicted molar refractivity (Wildman–Crippen MR) is 125 cm³/mol. The molecule has 3 N–H and O–H groups in total. The number of aryl methyl sites for hydroxylation is 1. The number of amides is 2. The summed E-state index contributed by atoms with van der Waals surface area (Å²) >= 11 is 0. The fraction of sp³-hybridized carbons (Fsp3) is 0.269. The molecule has 0 saturated heterocycles. The summed E-state index contributed by atoms with van der Waals surface area (Å²) in [5.74, 6) is -2.49. The van der Waals surface area contributed by atoms with E-state index in [4.69, 9.17) is 0 Å². The first kappa shape index (κ1) is 23.4. The van der Waals surface area contributed by atoms with Crippen LogP contribution in [-0.4, -0.2) is 33.4 Å². The Morgan fingerprint density at radius 3 is 2.50 bits per heavy atom. The smallest absolute Gasteiger partial charge is 0.294 e. The van der Waals surface area contributed by atoms with Gasteiger partial charge >= 0.3 is 0 Å². The summed E-state index contributed by atoms with van der Waals surface area (Å²) in [6, 6.07) is 10.9. The highest BCUT2D eigenvalue weighted by Crippen LogP contribution is 2.31. The highest BCUT2D eigenvalue weighted by Gasteiger charge is 2.35. The summed E-state index contributed by atoms with van der Waals surface area (Å²) in [7, 11) is 1.61. The molecular weight excluding hydrogens is 437 g/mol. The number of aliphatic hydroxyl groups is 1. The summed E-state index contributed by atoms with van der Waals surface area (Å²) in [4.78, 5) is 39.0. The van der Waals surface area contributed by atoms with Gasteiger partial charge in [-0.15, -0.1) is 0 Å². The second-order valence-electron chi connectivity index (χ2n) is 8.66. The Bertz CT molecular complexity index is 1330. The fourth-order valence-corrected chi connectivity index (χ4v) is 4.61. The summed E-state index contributed by atoms with van der Waals surface area (Å²) < 4.78 is 15.1. The van der Waals surface area contributed by atoms with Crippen LogP contribution in [0.5, 0.6) is 0 Å². The van der Waals surface area contributed by atoms with Crippen molar-refractivity contribution in [2.24, 2.45) is 7.05 Å². The van der Waals surface area contributed by atoms with Crippen molar-refractivity contribution < 1.29 is 23.9 Å². The largest absolute Gasteiger partial charge is 0.390 e. The predicted octanol–water partition coefficient (Wildman–Crippen LogP) is 3.30. The Morgan fingerprint density at radius 2 is 1.79 bits per heavy atom. The van der Waals surface area contributed by atoms with Crippen molar-refractivity contribution in [3.8, 4) is 0 Å². The van der Waals surface area contributed by atoms with Crippen molar-refractivity contribution in [3.05, 3.63) is 87.5 Å². The molecule has 0 aliphatic heterocycles. The highest BCUT2D eigenvalue weighted by molar-refractivity contribution is 6.43. The number of hydrogen-bond donors (Lipinski definition) is 3. The molecule has 176 valence electrons. The number of nitrogens with zero attached hydrogens (tertiary/aromatic N) is 1. The molecule has 0 bridgehead atoms. The van der Waals surface area contributed by atoms with Gasteiger partial charge in [0.2, 0.25) is 0 Å².